The van der Waals surface area contributed by atoms with Gasteiger partial charge in [-0.1, -0.05) is 11.6 Å². The molecule has 13 heteroatoms. The highest BCUT2D eigenvalue weighted by molar-refractivity contribution is 7.92. The van der Waals surface area contributed by atoms with Gasteiger partial charge in [0.2, 0.25) is 21.8 Å². The van der Waals surface area contributed by atoms with Crippen molar-refractivity contribution in [1.29, 1.82) is 0 Å². The number of thiophene rings is 1. The normalized spacial score (nSPS) is 27.3. The lowest BCUT2D eigenvalue weighted by Gasteiger charge is -2.47. The first kappa shape index (κ1) is 23.6. The van der Waals surface area contributed by atoms with Gasteiger partial charge in [0.05, 0.1) is 29.5 Å². The standard InChI is InChI=1S/C21H26ClN5O5S2/c1-15(28)24-8-6-20(7-9-24)12-26-18(29)11-25(14-21(26)13-23(2)19(30)27(20)21)34(31,32)10-5-16-3-4-17(22)33-16/h3-5,10H,6-9,11-14H2,1-2H3/b10-5+. The van der Waals surface area contributed by atoms with E-state index in [1.165, 1.54) is 28.6 Å². The van der Waals surface area contributed by atoms with Gasteiger partial charge in [-0.05, 0) is 31.1 Å². The van der Waals surface area contributed by atoms with Gasteiger partial charge in [0.25, 0.3) is 0 Å². The number of likely N-dealkylation sites (N-methyl/N-ethyl adjacent to an activating group) is 1. The fourth-order valence-corrected chi connectivity index (χ4v) is 8.00. The van der Waals surface area contributed by atoms with Crippen LogP contribution in [-0.4, -0.2) is 108 Å². The molecule has 4 aliphatic rings. The van der Waals surface area contributed by atoms with E-state index >= 15 is 0 Å². The van der Waals surface area contributed by atoms with Crippen LogP contribution in [0.5, 0.6) is 0 Å². The highest BCUT2D eigenvalue weighted by Crippen LogP contribution is 2.49. The number of likely N-dealkylation sites (tertiary alicyclic amines) is 1. The van der Waals surface area contributed by atoms with Crippen molar-refractivity contribution in [3.63, 3.8) is 0 Å². The minimum Gasteiger partial charge on any atom is -0.343 e. The van der Waals surface area contributed by atoms with Gasteiger partial charge in [-0.15, -0.1) is 11.3 Å². The SMILES string of the molecule is CC(=O)N1CCC2(CC1)CN1C(=O)CN(S(=O)(=O)/C=C/c3ccc(Cl)s3)CC13CN(C)C(=O)N23. The highest BCUT2D eigenvalue weighted by atomic mass is 35.5. The molecule has 10 nitrogen and oxygen atoms in total. The highest BCUT2D eigenvalue weighted by Gasteiger charge is 2.69. The van der Waals surface area contributed by atoms with Crippen LogP contribution in [0.25, 0.3) is 6.08 Å². The van der Waals surface area contributed by atoms with Crippen LogP contribution >= 0.6 is 22.9 Å². The van der Waals surface area contributed by atoms with Crippen LogP contribution in [0.2, 0.25) is 4.34 Å². The molecule has 4 aliphatic heterocycles. The lowest BCUT2D eigenvalue weighted by atomic mass is 9.86. The zero-order valence-electron chi connectivity index (χ0n) is 18.9. The van der Waals surface area contributed by atoms with Crippen LogP contribution in [0.15, 0.2) is 17.5 Å². The third-order valence-corrected chi connectivity index (χ3v) is 10.0. The van der Waals surface area contributed by atoms with Gasteiger partial charge in [0, 0.05) is 43.9 Å². The summed E-state index contributed by atoms with van der Waals surface area (Å²) in [5, 5.41) is 1.09. The van der Waals surface area contributed by atoms with Gasteiger partial charge in [-0.3, -0.25) is 14.5 Å². The summed E-state index contributed by atoms with van der Waals surface area (Å²) in [5.41, 5.74) is -1.68. The maximum absolute atomic E-state index is 13.3. The summed E-state index contributed by atoms with van der Waals surface area (Å²) in [6.07, 6.45) is 2.56. The molecule has 0 aromatic carbocycles. The zero-order chi connectivity index (χ0) is 24.5. The first-order valence-electron chi connectivity index (χ1n) is 11.0. The number of carbonyl (C=O) groups is 3. The Morgan fingerprint density at radius 2 is 1.85 bits per heavy atom. The quantitative estimate of drug-likeness (QED) is 0.590. The van der Waals surface area contributed by atoms with Crippen LogP contribution in [-0.2, 0) is 19.6 Å². The van der Waals surface area contributed by atoms with Crippen molar-refractivity contribution >= 4 is 56.9 Å². The van der Waals surface area contributed by atoms with Gasteiger partial charge < -0.3 is 14.7 Å². The second kappa shape index (κ2) is 7.94. The molecule has 0 radical (unpaired) electrons. The van der Waals surface area contributed by atoms with Crippen molar-refractivity contribution in [2.24, 2.45) is 0 Å². The summed E-state index contributed by atoms with van der Waals surface area (Å²) >= 11 is 7.19. The number of sulfonamides is 1. The Kier molecular flexibility index (Phi) is 5.51. The van der Waals surface area contributed by atoms with E-state index in [4.69, 9.17) is 11.6 Å². The lowest BCUT2D eigenvalue weighted by Crippen LogP contribution is -2.68. The number of piperazine rings is 1. The predicted octanol–water partition coefficient (Wildman–Crippen LogP) is 1.30. The topological polar surface area (TPSA) is 102 Å². The maximum atomic E-state index is 13.3. The lowest BCUT2D eigenvalue weighted by molar-refractivity contribution is -0.143. The van der Waals surface area contributed by atoms with E-state index in [1.807, 2.05) is 0 Å². The number of hydrogen-bond donors (Lipinski definition) is 0. The molecule has 4 saturated heterocycles. The van der Waals surface area contributed by atoms with Gasteiger partial charge in [0.1, 0.15) is 0 Å². The van der Waals surface area contributed by atoms with E-state index < -0.39 is 21.2 Å². The number of hydrogen-bond acceptors (Lipinski definition) is 6. The average molecular weight is 528 g/mol. The Balaban J connectivity index is 1.47. The van der Waals surface area contributed by atoms with Crippen LogP contribution in [0, 0.1) is 0 Å². The van der Waals surface area contributed by atoms with Crippen molar-refractivity contribution in [3.8, 4) is 0 Å². The smallest absolute Gasteiger partial charge is 0.322 e. The minimum absolute atomic E-state index is 0.00482. The second-order valence-electron chi connectivity index (χ2n) is 9.42. The molecule has 4 amide bonds. The summed E-state index contributed by atoms with van der Waals surface area (Å²) in [4.78, 5) is 46.0. The third-order valence-electron chi connectivity index (χ3n) is 7.39. The Morgan fingerprint density at radius 1 is 1.15 bits per heavy atom. The van der Waals surface area contributed by atoms with E-state index in [0.29, 0.717) is 41.7 Å². The number of amides is 4. The van der Waals surface area contributed by atoms with Crippen molar-refractivity contribution in [3.05, 3.63) is 26.8 Å². The number of rotatable bonds is 3. The third kappa shape index (κ3) is 3.53. The first-order valence-corrected chi connectivity index (χ1v) is 13.7. The summed E-state index contributed by atoms with van der Waals surface area (Å²) in [5.74, 6) is -0.335. The monoisotopic (exact) mass is 527 g/mol. The molecule has 4 fully saturated rings. The van der Waals surface area contributed by atoms with Gasteiger partial charge in [0.15, 0.2) is 5.66 Å². The molecule has 5 rings (SSSR count). The Labute approximate surface area is 207 Å². The fourth-order valence-electron chi connectivity index (χ4n) is 5.79. The Morgan fingerprint density at radius 3 is 2.47 bits per heavy atom. The Bertz CT molecular complexity index is 1190. The molecule has 2 spiro atoms. The van der Waals surface area contributed by atoms with E-state index in [0.717, 1.165) is 5.41 Å². The van der Waals surface area contributed by atoms with E-state index in [2.05, 4.69) is 0 Å². The molecule has 34 heavy (non-hydrogen) atoms. The van der Waals surface area contributed by atoms with Crippen LogP contribution in [0.4, 0.5) is 4.79 Å². The predicted molar refractivity (Wildman–Crippen MR) is 127 cm³/mol. The maximum Gasteiger partial charge on any atom is 0.322 e. The molecule has 0 aliphatic carbocycles. The van der Waals surface area contributed by atoms with E-state index in [1.54, 1.807) is 38.8 Å². The van der Waals surface area contributed by atoms with Gasteiger partial charge in [-0.25, -0.2) is 13.2 Å². The number of nitrogens with zero attached hydrogens (tertiary/aromatic N) is 5. The number of halogens is 1. The van der Waals surface area contributed by atoms with Gasteiger partial charge in [-0.2, -0.15) is 4.31 Å². The van der Waals surface area contributed by atoms with Crippen LogP contribution in [0.1, 0.15) is 24.6 Å². The summed E-state index contributed by atoms with van der Waals surface area (Å²) in [6, 6.07) is 3.20. The molecule has 0 saturated carbocycles. The largest absolute Gasteiger partial charge is 0.343 e. The Hall–Kier alpha value is -2.15. The molecular weight excluding hydrogens is 502 g/mol. The van der Waals surface area contributed by atoms with Crippen molar-refractivity contribution in [2.75, 3.05) is 46.3 Å². The molecule has 184 valence electrons. The zero-order valence-corrected chi connectivity index (χ0v) is 21.3. The minimum atomic E-state index is -3.93. The summed E-state index contributed by atoms with van der Waals surface area (Å²) in [7, 11) is -2.25. The second-order valence-corrected chi connectivity index (χ2v) is 13.0. The molecule has 5 heterocycles. The number of urea groups is 1. The van der Waals surface area contributed by atoms with Gasteiger partial charge >= 0.3 is 6.03 Å². The number of fused-ring (bicyclic) bond motifs is 1. The van der Waals surface area contributed by atoms with Crippen LogP contribution < -0.4 is 0 Å². The molecule has 1 unspecified atom stereocenters. The van der Waals surface area contributed by atoms with E-state index in [-0.39, 0.29) is 37.5 Å². The molecule has 0 N–H and O–H groups in total. The van der Waals surface area contributed by atoms with E-state index in [9.17, 15) is 22.8 Å². The molecule has 1 aromatic rings. The van der Waals surface area contributed by atoms with Crippen molar-refractivity contribution < 1.29 is 22.8 Å². The fraction of sp³-hybridized carbons (Fsp3) is 0.571. The van der Waals surface area contributed by atoms with Crippen molar-refractivity contribution in [2.45, 2.75) is 31.0 Å². The molecular formula is C21H26ClN5O5S2. The molecule has 1 atom stereocenters. The average Bonchev–Trinajstić information content (AvgIpc) is 3.39. The molecule has 0 bridgehead atoms. The molecule has 1 aromatic heterocycles. The van der Waals surface area contributed by atoms with Crippen LogP contribution in [0.3, 0.4) is 0 Å². The summed E-state index contributed by atoms with van der Waals surface area (Å²) in [6.45, 7) is 2.83. The first-order chi connectivity index (χ1) is 16.0. The van der Waals surface area contributed by atoms with Crippen molar-refractivity contribution in [1.82, 2.24) is 23.9 Å². The number of piperidine rings is 1. The number of carbonyl (C=O) groups excluding carboxylic acids is 3. The summed E-state index contributed by atoms with van der Waals surface area (Å²) < 4.78 is 28.1.